The quantitative estimate of drug-likeness (QED) is 0.730. The van der Waals surface area contributed by atoms with Crippen molar-refractivity contribution in [1.82, 2.24) is 0 Å². The molecule has 0 saturated heterocycles. The van der Waals surface area contributed by atoms with Gasteiger partial charge in [-0.25, -0.2) is 0 Å². The lowest BCUT2D eigenvalue weighted by Crippen LogP contribution is -2.61. The summed E-state index contributed by atoms with van der Waals surface area (Å²) in [6.45, 7) is 9.21. The molecular formula is C9H20ClNO2. The van der Waals surface area contributed by atoms with Gasteiger partial charge in [0.1, 0.15) is 5.54 Å². The van der Waals surface area contributed by atoms with Gasteiger partial charge >= 0.3 is 5.97 Å². The highest BCUT2D eigenvalue weighted by Crippen LogP contribution is 2.34. The van der Waals surface area contributed by atoms with E-state index in [-0.39, 0.29) is 18.3 Å². The Morgan fingerprint density at radius 1 is 1.31 bits per heavy atom. The minimum Gasteiger partial charge on any atom is -0.480 e. The standard InChI is InChI=1S/C9H19NO2.ClH/c1-6(2)9(10,7(11)12)8(3,4)5;/h6H,10H2,1-5H3,(H,11,12);1H/t9-;/m1./s1. The molecule has 0 unspecified atom stereocenters. The maximum Gasteiger partial charge on any atom is 0.324 e. The largest absolute Gasteiger partial charge is 0.480 e. The third-order valence-electron chi connectivity index (χ3n) is 2.51. The van der Waals surface area contributed by atoms with Gasteiger partial charge in [0, 0.05) is 0 Å². The number of carbonyl (C=O) groups is 1. The van der Waals surface area contributed by atoms with Crippen LogP contribution in [-0.4, -0.2) is 16.6 Å². The third kappa shape index (κ3) is 2.58. The normalized spacial score (nSPS) is 16.2. The Morgan fingerprint density at radius 2 is 1.62 bits per heavy atom. The summed E-state index contributed by atoms with van der Waals surface area (Å²) in [7, 11) is 0. The van der Waals surface area contributed by atoms with Crippen molar-refractivity contribution in [2.75, 3.05) is 0 Å². The number of hydrogen-bond acceptors (Lipinski definition) is 2. The lowest BCUT2D eigenvalue weighted by molar-refractivity contribution is -0.150. The molecule has 0 fully saturated rings. The van der Waals surface area contributed by atoms with Crippen LogP contribution in [0.2, 0.25) is 0 Å². The Bertz CT molecular complexity index is 187. The monoisotopic (exact) mass is 209 g/mol. The van der Waals surface area contributed by atoms with E-state index in [1.165, 1.54) is 0 Å². The molecule has 0 radical (unpaired) electrons. The first kappa shape index (κ1) is 15.2. The van der Waals surface area contributed by atoms with E-state index < -0.39 is 16.9 Å². The van der Waals surface area contributed by atoms with Gasteiger partial charge in [-0.05, 0) is 11.3 Å². The van der Waals surface area contributed by atoms with Crippen molar-refractivity contribution in [1.29, 1.82) is 0 Å². The zero-order valence-electron chi connectivity index (χ0n) is 8.92. The van der Waals surface area contributed by atoms with Gasteiger partial charge in [0.15, 0.2) is 0 Å². The summed E-state index contributed by atoms with van der Waals surface area (Å²) in [5.41, 5.74) is 4.29. The fraction of sp³-hybridized carbons (Fsp3) is 0.889. The first-order chi connectivity index (χ1) is 5.14. The van der Waals surface area contributed by atoms with Crippen molar-refractivity contribution in [3.8, 4) is 0 Å². The average Bonchev–Trinajstić information content (AvgIpc) is 1.82. The number of carboxylic acid groups (broad SMARTS) is 1. The molecule has 0 bridgehead atoms. The number of hydrogen-bond donors (Lipinski definition) is 2. The van der Waals surface area contributed by atoms with Gasteiger partial charge < -0.3 is 10.8 Å². The van der Waals surface area contributed by atoms with Crippen molar-refractivity contribution in [3.05, 3.63) is 0 Å². The van der Waals surface area contributed by atoms with Crippen molar-refractivity contribution in [2.24, 2.45) is 17.1 Å². The van der Waals surface area contributed by atoms with Crippen LogP contribution in [-0.2, 0) is 4.79 Å². The van der Waals surface area contributed by atoms with Crippen molar-refractivity contribution >= 4 is 18.4 Å². The first-order valence-corrected chi connectivity index (χ1v) is 4.16. The second-order valence-corrected chi connectivity index (χ2v) is 4.58. The predicted octanol–water partition coefficient (Wildman–Crippen LogP) is 1.89. The topological polar surface area (TPSA) is 63.3 Å². The van der Waals surface area contributed by atoms with E-state index in [2.05, 4.69) is 0 Å². The van der Waals surface area contributed by atoms with Gasteiger partial charge in [-0.1, -0.05) is 34.6 Å². The lowest BCUT2D eigenvalue weighted by Gasteiger charge is -2.40. The SMILES string of the molecule is CC(C)[C@@](N)(C(=O)O)C(C)(C)C.Cl. The summed E-state index contributed by atoms with van der Waals surface area (Å²) >= 11 is 0. The number of rotatable bonds is 2. The molecule has 0 rings (SSSR count). The average molecular weight is 210 g/mol. The Balaban J connectivity index is 0. The highest BCUT2D eigenvalue weighted by Gasteiger charge is 2.47. The van der Waals surface area contributed by atoms with E-state index in [0.29, 0.717) is 0 Å². The third-order valence-corrected chi connectivity index (χ3v) is 2.51. The van der Waals surface area contributed by atoms with E-state index >= 15 is 0 Å². The number of aliphatic carboxylic acids is 1. The predicted molar refractivity (Wildman–Crippen MR) is 56.1 cm³/mol. The van der Waals surface area contributed by atoms with Crippen LogP contribution in [0.4, 0.5) is 0 Å². The minimum absolute atomic E-state index is 0. The van der Waals surface area contributed by atoms with Crippen LogP contribution in [0.5, 0.6) is 0 Å². The molecule has 0 aromatic heterocycles. The van der Waals surface area contributed by atoms with Crippen molar-refractivity contribution in [3.63, 3.8) is 0 Å². The first-order valence-electron chi connectivity index (χ1n) is 4.16. The summed E-state index contributed by atoms with van der Waals surface area (Å²) in [5, 5.41) is 9.01. The van der Waals surface area contributed by atoms with Gasteiger partial charge in [-0.15, -0.1) is 12.4 Å². The molecular weight excluding hydrogens is 190 g/mol. The Labute approximate surface area is 86.1 Å². The summed E-state index contributed by atoms with van der Waals surface area (Å²) in [5.74, 6) is -1.00. The van der Waals surface area contributed by atoms with Gasteiger partial charge in [0.25, 0.3) is 0 Å². The molecule has 13 heavy (non-hydrogen) atoms. The molecule has 0 aliphatic carbocycles. The van der Waals surface area contributed by atoms with Crippen LogP contribution in [0.1, 0.15) is 34.6 Å². The number of nitrogens with two attached hydrogens (primary N) is 1. The minimum atomic E-state index is -1.15. The van der Waals surface area contributed by atoms with Crippen LogP contribution in [0.25, 0.3) is 0 Å². The fourth-order valence-corrected chi connectivity index (χ4v) is 1.43. The Kier molecular flexibility index (Phi) is 5.02. The molecule has 0 aliphatic rings. The lowest BCUT2D eigenvalue weighted by atomic mass is 9.68. The molecule has 4 heteroatoms. The highest BCUT2D eigenvalue weighted by molar-refractivity contribution is 5.85. The molecule has 80 valence electrons. The zero-order valence-corrected chi connectivity index (χ0v) is 9.73. The second kappa shape index (κ2) is 4.29. The Morgan fingerprint density at radius 3 is 1.62 bits per heavy atom. The summed E-state index contributed by atoms with van der Waals surface area (Å²) in [6, 6.07) is 0. The number of halogens is 1. The van der Waals surface area contributed by atoms with Crippen LogP contribution >= 0.6 is 12.4 Å². The molecule has 0 amide bonds. The van der Waals surface area contributed by atoms with E-state index in [1.807, 2.05) is 34.6 Å². The van der Waals surface area contributed by atoms with E-state index in [9.17, 15) is 4.79 Å². The summed E-state index contributed by atoms with van der Waals surface area (Å²) in [4.78, 5) is 11.0. The summed E-state index contributed by atoms with van der Waals surface area (Å²) < 4.78 is 0. The van der Waals surface area contributed by atoms with Crippen molar-refractivity contribution < 1.29 is 9.90 Å². The molecule has 1 atom stereocenters. The second-order valence-electron chi connectivity index (χ2n) is 4.58. The van der Waals surface area contributed by atoms with Crippen LogP contribution in [0.3, 0.4) is 0 Å². The zero-order chi connectivity index (χ0) is 10.2. The molecule has 0 aromatic rings. The molecule has 0 spiro atoms. The van der Waals surface area contributed by atoms with Gasteiger partial charge in [0.05, 0.1) is 0 Å². The van der Waals surface area contributed by atoms with Crippen LogP contribution in [0.15, 0.2) is 0 Å². The van der Waals surface area contributed by atoms with Gasteiger partial charge in [-0.3, -0.25) is 4.79 Å². The molecule has 0 saturated carbocycles. The molecule has 0 aliphatic heterocycles. The smallest absolute Gasteiger partial charge is 0.324 e. The van der Waals surface area contributed by atoms with Gasteiger partial charge in [-0.2, -0.15) is 0 Å². The van der Waals surface area contributed by atoms with Crippen LogP contribution < -0.4 is 5.73 Å². The maximum atomic E-state index is 11.0. The summed E-state index contributed by atoms with van der Waals surface area (Å²) in [6.07, 6.45) is 0. The van der Waals surface area contributed by atoms with E-state index in [1.54, 1.807) is 0 Å². The van der Waals surface area contributed by atoms with E-state index in [0.717, 1.165) is 0 Å². The maximum absolute atomic E-state index is 11.0. The van der Waals surface area contributed by atoms with Gasteiger partial charge in [0.2, 0.25) is 0 Å². The molecule has 0 aromatic carbocycles. The molecule has 3 nitrogen and oxygen atoms in total. The number of carboxylic acids is 1. The van der Waals surface area contributed by atoms with E-state index in [4.69, 9.17) is 10.8 Å². The fourth-order valence-electron chi connectivity index (χ4n) is 1.43. The highest BCUT2D eigenvalue weighted by atomic mass is 35.5. The molecule has 3 N–H and O–H groups in total. The molecule has 0 heterocycles. The Hall–Kier alpha value is -0.280. The van der Waals surface area contributed by atoms with Crippen LogP contribution in [0, 0.1) is 11.3 Å². The van der Waals surface area contributed by atoms with Crippen molar-refractivity contribution in [2.45, 2.75) is 40.2 Å².